The lowest BCUT2D eigenvalue weighted by Crippen LogP contribution is -2.56. The van der Waals surface area contributed by atoms with Crippen molar-refractivity contribution in [2.45, 2.75) is 78.2 Å². The van der Waals surface area contributed by atoms with E-state index in [0.717, 1.165) is 32.1 Å². The van der Waals surface area contributed by atoms with E-state index in [1.54, 1.807) is 0 Å². The molecule has 0 bridgehead atoms. The van der Waals surface area contributed by atoms with Crippen LogP contribution in [-0.2, 0) is 4.79 Å². The van der Waals surface area contributed by atoms with E-state index in [1.807, 2.05) is 6.08 Å². The van der Waals surface area contributed by atoms with Gasteiger partial charge in [0.05, 0.1) is 6.10 Å². The molecule has 0 aliphatic heterocycles. The van der Waals surface area contributed by atoms with Crippen LogP contribution in [0.4, 0.5) is 0 Å². The van der Waals surface area contributed by atoms with Crippen LogP contribution in [0.2, 0.25) is 0 Å². The van der Waals surface area contributed by atoms with Crippen LogP contribution in [0.3, 0.4) is 0 Å². The van der Waals surface area contributed by atoms with Crippen LogP contribution in [0.5, 0.6) is 0 Å². The summed E-state index contributed by atoms with van der Waals surface area (Å²) >= 11 is 0. The predicted molar refractivity (Wildman–Crippen MR) is 87.3 cm³/mol. The number of hydrogen-bond donors (Lipinski definition) is 1. The first-order valence-electron chi connectivity index (χ1n) is 9.23. The van der Waals surface area contributed by atoms with Crippen molar-refractivity contribution in [2.24, 2.45) is 28.1 Å². The van der Waals surface area contributed by atoms with Crippen molar-refractivity contribution in [1.29, 1.82) is 0 Å². The molecule has 0 spiro atoms. The summed E-state index contributed by atoms with van der Waals surface area (Å²) in [6, 6.07) is 0. The number of carbonyl (C=O) groups excluding carboxylic acids is 1. The normalized spacial score (nSPS) is 54.3. The van der Waals surface area contributed by atoms with E-state index in [-0.39, 0.29) is 16.9 Å². The minimum Gasteiger partial charge on any atom is -0.393 e. The molecule has 3 fully saturated rings. The fourth-order valence-corrected chi connectivity index (χ4v) is 7.20. The first-order chi connectivity index (χ1) is 10.3. The van der Waals surface area contributed by atoms with Crippen LogP contribution in [-0.4, -0.2) is 17.0 Å². The third-order valence-corrected chi connectivity index (χ3v) is 8.51. The van der Waals surface area contributed by atoms with Crippen molar-refractivity contribution >= 4 is 5.78 Å². The van der Waals surface area contributed by atoms with Gasteiger partial charge < -0.3 is 5.11 Å². The fourth-order valence-electron chi connectivity index (χ4n) is 7.20. The Morgan fingerprint density at radius 1 is 0.955 bits per heavy atom. The number of ketones is 1. The standard InChI is InChI=1S/C20H30O2/c1-18-10-7-14(21)12-13(18)6-9-19(2)15-4-5-17(22)20(15,3)11-8-16(18)19/h12,15-17,22H,4-11H2,1-3H3/t15-,16+,17-,18-,19-,20-/m0/s1. The Morgan fingerprint density at radius 3 is 2.50 bits per heavy atom. The highest BCUT2D eigenvalue weighted by Crippen LogP contribution is 2.70. The number of aliphatic hydroxyl groups excluding tert-OH is 1. The van der Waals surface area contributed by atoms with Crippen LogP contribution in [0.1, 0.15) is 72.1 Å². The van der Waals surface area contributed by atoms with E-state index in [1.165, 1.54) is 24.8 Å². The zero-order chi connectivity index (χ0) is 15.8. The minimum atomic E-state index is -0.104. The van der Waals surface area contributed by atoms with Crippen molar-refractivity contribution in [3.05, 3.63) is 11.6 Å². The molecule has 0 unspecified atom stereocenters. The lowest BCUT2D eigenvalue weighted by atomic mass is 9.41. The SMILES string of the molecule is C[C@]12CC[C@H]3[C@@](C)(CCC4=CC(=O)CC[C@@]43C)[C@@H]1CC[C@@H]2O. The van der Waals surface area contributed by atoms with Gasteiger partial charge in [0.2, 0.25) is 0 Å². The first-order valence-corrected chi connectivity index (χ1v) is 9.23. The molecule has 2 nitrogen and oxygen atoms in total. The number of hydrogen-bond acceptors (Lipinski definition) is 2. The predicted octanol–water partition coefficient (Wildman–Crippen LogP) is 4.27. The fraction of sp³-hybridized carbons (Fsp3) is 0.850. The Bertz CT molecular complexity index is 550. The summed E-state index contributed by atoms with van der Waals surface area (Å²) in [7, 11) is 0. The molecule has 0 heterocycles. The van der Waals surface area contributed by atoms with Crippen molar-refractivity contribution in [2.75, 3.05) is 0 Å². The Hall–Kier alpha value is -0.630. The number of allylic oxidation sites excluding steroid dienone is 1. The van der Waals surface area contributed by atoms with Crippen LogP contribution < -0.4 is 0 Å². The molecular formula is C20H30O2. The lowest BCUT2D eigenvalue weighted by Gasteiger charge is -2.63. The van der Waals surface area contributed by atoms with Gasteiger partial charge >= 0.3 is 0 Å². The Labute approximate surface area is 134 Å². The molecule has 4 aliphatic carbocycles. The van der Waals surface area contributed by atoms with E-state index in [2.05, 4.69) is 20.8 Å². The van der Waals surface area contributed by atoms with Crippen LogP contribution in [0.25, 0.3) is 0 Å². The highest BCUT2D eigenvalue weighted by Gasteiger charge is 2.63. The van der Waals surface area contributed by atoms with Crippen molar-refractivity contribution < 1.29 is 9.90 Å². The van der Waals surface area contributed by atoms with Crippen LogP contribution in [0, 0.1) is 28.1 Å². The molecule has 122 valence electrons. The third-order valence-electron chi connectivity index (χ3n) is 8.51. The quantitative estimate of drug-likeness (QED) is 0.725. The molecule has 4 aliphatic rings. The Kier molecular flexibility index (Phi) is 3.03. The molecule has 0 amide bonds. The average molecular weight is 302 g/mol. The summed E-state index contributed by atoms with van der Waals surface area (Å²) in [5, 5.41) is 10.6. The summed E-state index contributed by atoms with van der Waals surface area (Å²) in [6.45, 7) is 7.28. The largest absolute Gasteiger partial charge is 0.393 e. The van der Waals surface area contributed by atoms with E-state index < -0.39 is 0 Å². The summed E-state index contributed by atoms with van der Waals surface area (Å²) in [6.07, 6.45) is 10.5. The van der Waals surface area contributed by atoms with Gasteiger partial charge in [0.15, 0.2) is 5.78 Å². The van der Waals surface area contributed by atoms with Crippen LogP contribution >= 0.6 is 0 Å². The number of fused-ring (bicyclic) bond motifs is 5. The molecule has 0 aromatic rings. The summed E-state index contributed by atoms with van der Waals surface area (Å²) < 4.78 is 0. The van der Waals surface area contributed by atoms with Gasteiger partial charge in [-0.3, -0.25) is 4.79 Å². The van der Waals surface area contributed by atoms with Gasteiger partial charge in [-0.15, -0.1) is 0 Å². The van der Waals surface area contributed by atoms with Crippen LogP contribution in [0.15, 0.2) is 11.6 Å². The third kappa shape index (κ3) is 1.68. The van der Waals surface area contributed by atoms with Crippen molar-refractivity contribution in [3.63, 3.8) is 0 Å². The maximum atomic E-state index is 11.9. The van der Waals surface area contributed by atoms with E-state index in [4.69, 9.17) is 0 Å². The summed E-state index contributed by atoms with van der Waals surface area (Å²) in [4.78, 5) is 11.9. The Balaban J connectivity index is 1.76. The molecule has 6 atom stereocenters. The van der Waals surface area contributed by atoms with Gasteiger partial charge in [0.25, 0.3) is 0 Å². The van der Waals surface area contributed by atoms with Gasteiger partial charge in [-0.2, -0.15) is 0 Å². The highest BCUT2D eigenvalue weighted by molar-refractivity contribution is 5.91. The zero-order valence-corrected chi connectivity index (χ0v) is 14.3. The number of rotatable bonds is 0. The monoisotopic (exact) mass is 302 g/mol. The Morgan fingerprint density at radius 2 is 1.73 bits per heavy atom. The van der Waals surface area contributed by atoms with Gasteiger partial charge in [0.1, 0.15) is 0 Å². The molecule has 0 saturated heterocycles. The molecule has 3 saturated carbocycles. The molecule has 2 heteroatoms. The average Bonchev–Trinajstić information content (AvgIpc) is 2.77. The molecule has 22 heavy (non-hydrogen) atoms. The molecule has 1 N–H and O–H groups in total. The summed E-state index contributed by atoms with van der Waals surface area (Å²) in [5.41, 5.74) is 2.15. The molecular weight excluding hydrogens is 272 g/mol. The van der Waals surface area contributed by atoms with Gasteiger partial charge in [-0.05, 0) is 79.1 Å². The topological polar surface area (TPSA) is 37.3 Å². The van der Waals surface area contributed by atoms with E-state index in [0.29, 0.717) is 23.0 Å². The number of carbonyl (C=O) groups is 1. The first kappa shape index (κ1) is 14.9. The maximum Gasteiger partial charge on any atom is 0.155 e. The van der Waals surface area contributed by atoms with E-state index in [9.17, 15) is 9.90 Å². The second-order valence-electron chi connectivity index (χ2n) is 9.30. The molecule has 0 aromatic heterocycles. The maximum absolute atomic E-state index is 11.9. The molecule has 4 rings (SSSR count). The van der Waals surface area contributed by atoms with Gasteiger partial charge in [-0.25, -0.2) is 0 Å². The highest BCUT2D eigenvalue weighted by atomic mass is 16.3. The van der Waals surface area contributed by atoms with Gasteiger partial charge in [-0.1, -0.05) is 26.3 Å². The smallest absolute Gasteiger partial charge is 0.155 e. The number of aliphatic hydroxyl groups is 1. The zero-order valence-electron chi connectivity index (χ0n) is 14.3. The van der Waals surface area contributed by atoms with Crippen molar-refractivity contribution in [1.82, 2.24) is 0 Å². The van der Waals surface area contributed by atoms with Crippen molar-refractivity contribution in [3.8, 4) is 0 Å². The lowest BCUT2D eigenvalue weighted by molar-refractivity contribution is -0.133. The van der Waals surface area contributed by atoms with Gasteiger partial charge in [0, 0.05) is 6.42 Å². The molecule has 0 radical (unpaired) electrons. The molecule has 0 aromatic carbocycles. The minimum absolute atomic E-state index is 0.104. The van der Waals surface area contributed by atoms with E-state index >= 15 is 0 Å². The summed E-state index contributed by atoms with van der Waals surface area (Å²) in [5.74, 6) is 1.69. The second-order valence-corrected chi connectivity index (χ2v) is 9.30. The second kappa shape index (κ2) is 4.47.